The zero-order chi connectivity index (χ0) is 91.0. The lowest BCUT2D eigenvalue weighted by Gasteiger charge is -2.39. The zero-order valence-corrected chi connectivity index (χ0v) is 70.8. The summed E-state index contributed by atoms with van der Waals surface area (Å²) in [6.45, 7) is 0.299. The highest BCUT2D eigenvalue weighted by Crippen LogP contribution is 2.27. The number of carbonyl (C=O) groups excluding carboxylic acids is 16. The van der Waals surface area contributed by atoms with Crippen molar-refractivity contribution in [2.45, 2.75) is 195 Å². The first kappa shape index (κ1) is 101. The molecule has 13 atom stereocenters. The number of nitrogens with zero attached hydrogens (tertiary/aromatic N) is 1. The van der Waals surface area contributed by atoms with Crippen LogP contribution in [-0.2, 0) is 114 Å². The van der Waals surface area contributed by atoms with Crippen molar-refractivity contribution >= 4 is 131 Å². The zero-order valence-electron chi connectivity index (χ0n) is 69.0. The number of aliphatic hydroxyl groups excluding tert-OH is 1. The standard InChI is InChI=1S/C82H117N21O19S2/c1-46(104)70(102-77(116)60(28-30-67(88)107)94-72(111)54(86)44-123)81(120)99-62(38-51-40-91-55-19-8-7-18-53(51)55)78(117)96-59(27-29-66(87)106)76(115)101-64(45-124)79(118)100-63(37-48-23-25-52(105)26-24-48)82(121)103-42-50-17-6-5-16-49(50)39-65(103)80(119)97-58(22-13-33-85)74(113)95-57(21-10-12-32-84)75(114)98-61(36-47-14-3-2-4-15-47)73(112)92-41-68(108)90-34-35-122-43-69(109)93-56(71(89)110)20-9-11-31-83/h2-8,14-19,23-26,40,46,54,56-65,70,91,104-105,123-124H,9-13,20-22,27-39,41-45,83-86H2,1H3,(H2,87,106)(H2,88,107)(H2,89,110)(H,90,108)(H,92,112)(H,93,109)(H,94,111)(H,95,113)(H,96,117)(H,97,119)(H,98,114)(H,99,120)(H,100,118)(H,101,115)(H,102,116)/t46-,54+,56-,57+,58+,59+,60+,61+,62+,63+,64+,65+,70+/m1/s1. The molecule has 42 heteroatoms. The van der Waals surface area contributed by atoms with Gasteiger partial charge in [-0.05, 0) is 137 Å². The second-order valence-corrected chi connectivity index (χ2v) is 30.6. The molecule has 0 radical (unpaired) electrons. The Bertz CT molecular complexity index is 4450. The first-order valence-electron chi connectivity index (χ1n) is 40.8. The molecule has 0 bridgehead atoms. The SMILES string of the molecule is C[C@@H](O)[C@H](NC(=O)[C@H](CCC(N)=O)NC(=O)[C@@H](N)CS)C(=O)N[C@@H](Cc1c[nH]c2ccccc12)C(=O)N[C@@H](CCC(N)=O)C(=O)N[C@@H](CS)C(=O)N[C@@H](Cc1ccc(O)cc1)C(=O)N1Cc2ccccc2C[C@H]1C(=O)N[C@@H](CCCN)C(=O)N[C@@H](CCCCN)C(=O)N[C@@H](Cc1ccccc1)C(=O)NCC(=O)NCCOCC(=O)N[C@H](CCCCN)C(N)=O. The summed E-state index contributed by atoms with van der Waals surface area (Å²) in [5.74, 6) is -15.0. The molecule has 124 heavy (non-hydrogen) atoms. The molecule has 1 aliphatic heterocycles. The number of para-hydroxylation sites is 1. The monoisotopic (exact) mass is 1760 g/mol. The highest BCUT2D eigenvalue weighted by Gasteiger charge is 2.42. The van der Waals surface area contributed by atoms with Crippen molar-refractivity contribution < 1.29 is 91.7 Å². The van der Waals surface area contributed by atoms with E-state index in [0.717, 1.165) is 6.92 Å². The number of ether oxygens (including phenoxy) is 1. The number of hydrogen-bond donors (Lipinski definition) is 24. The number of aromatic nitrogens is 1. The summed E-state index contributed by atoms with van der Waals surface area (Å²) in [5, 5.41) is 52.9. The molecule has 2 heterocycles. The number of benzene rings is 4. The average molecular weight is 1770 g/mol. The summed E-state index contributed by atoms with van der Waals surface area (Å²) in [5.41, 5.74) is 42.9. The summed E-state index contributed by atoms with van der Waals surface area (Å²) in [7, 11) is 0. The molecule has 4 aromatic carbocycles. The van der Waals surface area contributed by atoms with Crippen LogP contribution in [0.1, 0.15) is 112 Å². The van der Waals surface area contributed by atoms with E-state index in [2.05, 4.69) is 94.0 Å². The molecular formula is C82H117N21O19S2. The van der Waals surface area contributed by atoms with E-state index in [9.17, 15) is 77.3 Å². The van der Waals surface area contributed by atoms with Gasteiger partial charge in [0.05, 0.1) is 25.3 Å². The average Bonchev–Trinajstić information content (AvgIpc) is 0.930. The Kier molecular flexibility index (Phi) is 42.9. The van der Waals surface area contributed by atoms with Crippen LogP contribution in [-0.4, -0.2) is 251 Å². The van der Waals surface area contributed by atoms with Gasteiger partial charge in [0, 0.05) is 80.2 Å². The minimum absolute atomic E-state index is 0.0179. The number of H-pyrrole nitrogens is 1. The Balaban J connectivity index is 1.23. The Labute approximate surface area is 727 Å². The molecule has 0 saturated carbocycles. The van der Waals surface area contributed by atoms with Crippen molar-refractivity contribution in [1.29, 1.82) is 0 Å². The van der Waals surface area contributed by atoms with Crippen LogP contribution in [0.3, 0.4) is 0 Å². The van der Waals surface area contributed by atoms with Crippen LogP contribution in [0.4, 0.5) is 0 Å². The third-order valence-corrected chi connectivity index (χ3v) is 21.0. The van der Waals surface area contributed by atoms with E-state index in [1.807, 2.05) is 0 Å². The van der Waals surface area contributed by atoms with Crippen LogP contribution < -0.4 is 104 Å². The third kappa shape index (κ3) is 33.5. The number of hydrogen-bond acceptors (Lipinski definition) is 25. The molecule has 6 rings (SSSR count). The lowest BCUT2D eigenvalue weighted by atomic mass is 9.91. The van der Waals surface area contributed by atoms with Crippen molar-refractivity contribution in [3.05, 3.63) is 137 Å². The fourth-order valence-corrected chi connectivity index (χ4v) is 13.8. The molecule has 0 fully saturated rings. The van der Waals surface area contributed by atoms with Gasteiger partial charge in [0.25, 0.3) is 0 Å². The number of amides is 16. The van der Waals surface area contributed by atoms with Gasteiger partial charge in [0.1, 0.15) is 78.8 Å². The highest BCUT2D eigenvalue weighted by molar-refractivity contribution is 7.80. The number of thiol groups is 2. The van der Waals surface area contributed by atoms with Crippen molar-refractivity contribution in [3.63, 3.8) is 0 Å². The van der Waals surface area contributed by atoms with Gasteiger partial charge in [-0.1, -0.05) is 84.9 Å². The molecule has 5 aromatic rings. The summed E-state index contributed by atoms with van der Waals surface area (Å²) >= 11 is 8.43. The van der Waals surface area contributed by atoms with Crippen LogP contribution in [0.15, 0.2) is 109 Å². The summed E-state index contributed by atoms with van der Waals surface area (Å²) < 4.78 is 5.36. The van der Waals surface area contributed by atoms with Gasteiger partial charge >= 0.3 is 0 Å². The Morgan fingerprint density at radius 3 is 1.58 bits per heavy atom. The lowest BCUT2D eigenvalue weighted by molar-refractivity contribution is -0.145. The topological polar surface area (TPSA) is 668 Å². The number of phenols is 1. The summed E-state index contributed by atoms with van der Waals surface area (Å²) in [4.78, 5) is 226. The largest absolute Gasteiger partial charge is 0.508 e. The van der Waals surface area contributed by atoms with E-state index in [4.69, 9.17) is 44.9 Å². The predicted octanol–water partition coefficient (Wildman–Crippen LogP) is -5.47. The fourth-order valence-electron chi connectivity index (χ4n) is 13.4. The fraction of sp³-hybridized carbons (Fsp3) is 0.488. The number of aliphatic hydroxyl groups is 1. The lowest BCUT2D eigenvalue weighted by Crippen LogP contribution is -2.63. The smallest absolute Gasteiger partial charge is 0.246 e. The minimum atomic E-state index is -1.87. The van der Waals surface area contributed by atoms with E-state index in [-0.39, 0.29) is 102 Å². The number of aromatic amines is 1. The minimum Gasteiger partial charge on any atom is -0.508 e. The molecule has 0 spiro atoms. The van der Waals surface area contributed by atoms with E-state index in [1.54, 1.807) is 85.1 Å². The van der Waals surface area contributed by atoms with E-state index in [1.165, 1.54) is 29.2 Å². The maximum Gasteiger partial charge on any atom is 0.246 e. The molecule has 0 saturated heterocycles. The van der Waals surface area contributed by atoms with Crippen molar-refractivity contribution in [3.8, 4) is 5.75 Å². The van der Waals surface area contributed by atoms with Gasteiger partial charge in [0.2, 0.25) is 94.5 Å². The molecular weight excluding hydrogens is 1650 g/mol. The second-order valence-electron chi connectivity index (χ2n) is 29.9. The summed E-state index contributed by atoms with van der Waals surface area (Å²) in [6.07, 6.45) is -0.684. The molecule has 40 nitrogen and oxygen atoms in total. The first-order chi connectivity index (χ1) is 59.3. The number of aromatic hydroxyl groups is 1. The molecule has 1 aromatic heterocycles. The number of unbranched alkanes of at least 4 members (excludes halogenated alkanes) is 2. The van der Waals surface area contributed by atoms with Gasteiger partial charge in [-0.2, -0.15) is 25.3 Å². The number of rotatable bonds is 55. The molecule has 1 aliphatic rings. The van der Waals surface area contributed by atoms with Crippen molar-refractivity contribution in [1.82, 2.24) is 73.7 Å². The third-order valence-electron chi connectivity index (χ3n) is 20.3. The number of fused-ring (bicyclic) bond motifs is 2. The van der Waals surface area contributed by atoms with E-state index < -0.39 is 211 Å². The Morgan fingerprint density at radius 1 is 0.492 bits per heavy atom. The Hall–Kier alpha value is -11.8. The Morgan fingerprint density at radius 2 is 0.984 bits per heavy atom. The maximum atomic E-state index is 15.7. The van der Waals surface area contributed by atoms with Crippen molar-refractivity contribution in [2.75, 3.05) is 57.4 Å². The highest BCUT2D eigenvalue weighted by atomic mass is 32.1. The summed E-state index contributed by atoms with van der Waals surface area (Å²) in [6, 6.07) is 10.2. The second kappa shape index (κ2) is 52.6. The van der Waals surface area contributed by atoms with Gasteiger partial charge in [-0.3, -0.25) is 76.7 Å². The quantitative estimate of drug-likeness (QED) is 0.0128. The molecule has 676 valence electrons. The number of carbonyl (C=O) groups is 16. The van der Waals surface area contributed by atoms with E-state index >= 15 is 9.59 Å². The van der Waals surface area contributed by atoms with E-state index in [0.29, 0.717) is 70.9 Å². The predicted molar refractivity (Wildman–Crippen MR) is 462 cm³/mol. The van der Waals surface area contributed by atoms with Gasteiger partial charge in [-0.25, -0.2) is 0 Å². The molecule has 0 aliphatic carbocycles. The van der Waals surface area contributed by atoms with Crippen LogP contribution in [0, 0.1) is 0 Å². The normalized spacial score (nSPS) is 15.2. The van der Waals surface area contributed by atoms with Crippen LogP contribution in [0.25, 0.3) is 10.9 Å². The molecule has 16 amide bonds. The molecule has 29 N–H and O–H groups in total. The number of nitrogens with two attached hydrogens (primary N) is 7. The van der Waals surface area contributed by atoms with Crippen LogP contribution in [0.2, 0.25) is 0 Å². The maximum absolute atomic E-state index is 15.7. The van der Waals surface area contributed by atoms with Gasteiger partial charge in [-0.15, -0.1) is 0 Å². The van der Waals surface area contributed by atoms with Crippen LogP contribution in [0.5, 0.6) is 5.75 Å². The number of nitrogens with one attached hydrogen (secondary N) is 13. The first-order valence-corrected chi connectivity index (χ1v) is 42.1. The van der Waals surface area contributed by atoms with Gasteiger partial charge < -0.3 is 129 Å². The van der Waals surface area contributed by atoms with Gasteiger partial charge in [0.15, 0.2) is 0 Å². The van der Waals surface area contributed by atoms with Crippen LogP contribution >= 0.6 is 25.3 Å². The van der Waals surface area contributed by atoms with Crippen molar-refractivity contribution in [2.24, 2.45) is 40.1 Å². The number of phenolic OH excluding ortho intramolecular Hbond substituents is 1. The number of primary amides is 3. The molecule has 0 unspecified atom stereocenters.